The highest BCUT2D eigenvalue weighted by Crippen LogP contribution is 2.68. The fourth-order valence-corrected chi connectivity index (χ4v) is 8.41. The van der Waals surface area contributed by atoms with Gasteiger partial charge in [0, 0.05) is 41.2 Å². The monoisotopic (exact) mass is 482 g/mol. The molecule has 198 valence electrons. The molecule has 0 bridgehead atoms. The van der Waals surface area contributed by atoms with Gasteiger partial charge in [-0.15, -0.1) is 0 Å². The molecule has 0 aromatic rings. The smallest absolute Gasteiger partial charge is 0.272 e. The molecular weight excluding hydrogens is 430 g/mol. The van der Waals surface area contributed by atoms with Gasteiger partial charge in [-0.05, 0) is 120 Å². The minimum atomic E-state index is -2.48. The molecule has 0 aromatic heterocycles. The van der Waals surface area contributed by atoms with E-state index in [1.807, 2.05) is 0 Å². The van der Waals surface area contributed by atoms with Crippen molar-refractivity contribution >= 4 is 0 Å². The van der Waals surface area contributed by atoms with Crippen molar-refractivity contribution in [3.8, 4) is 0 Å². The molecule has 34 heavy (non-hydrogen) atoms. The molecule has 0 aromatic carbocycles. The minimum Gasteiger partial charge on any atom is -0.309 e. The molecule has 4 fully saturated rings. The van der Waals surface area contributed by atoms with Crippen LogP contribution in [0.15, 0.2) is 0 Å². The summed E-state index contributed by atoms with van der Waals surface area (Å²) in [5.74, 6) is -1.09. The zero-order valence-electron chi connectivity index (χ0n) is 23.5. The fourth-order valence-electron chi connectivity index (χ4n) is 8.41. The third-order valence-corrected chi connectivity index (χ3v) is 9.47. The molecular formula is C28H52F2N4. The molecule has 4 rings (SSSR count). The third kappa shape index (κ3) is 5.08. The van der Waals surface area contributed by atoms with Gasteiger partial charge in [0.25, 0.3) is 5.92 Å². The van der Waals surface area contributed by atoms with Crippen molar-refractivity contribution in [2.75, 3.05) is 46.8 Å². The van der Waals surface area contributed by atoms with Gasteiger partial charge in [-0.1, -0.05) is 0 Å². The van der Waals surface area contributed by atoms with E-state index < -0.39 is 5.92 Å². The molecule has 3 aliphatic heterocycles. The number of nitrogens with zero attached hydrogens (tertiary/aromatic N) is 4. The number of piperidine rings is 1. The highest BCUT2D eigenvalue weighted by Gasteiger charge is 2.74. The van der Waals surface area contributed by atoms with Crippen molar-refractivity contribution in [2.24, 2.45) is 17.3 Å². The van der Waals surface area contributed by atoms with Crippen molar-refractivity contribution in [3.05, 3.63) is 0 Å². The Kier molecular flexibility index (Phi) is 7.02. The number of hydrogen-bond donors (Lipinski definition) is 0. The first-order valence-electron chi connectivity index (χ1n) is 13.9. The minimum absolute atomic E-state index is 0.0389. The molecule has 1 saturated carbocycles. The van der Waals surface area contributed by atoms with Gasteiger partial charge in [0.05, 0.1) is 13.1 Å². The molecule has 0 N–H and O–H groups in total. The Balaban J connectivity index is 1.53. The molecule has 4 nitrogen and oxygen atoms in total. The summed E-state index contributed by atoms with van der Waals surface area (Å²) in [6, 6.07) is 1.69. The standard InChI is InChI=1S/C28H52F2N4/c1-20-16-27(17-32-18-28(29,30)19-32)22(24(27)34(20)26(5,6)7)15-23-21(11-10-13-31(8)9)12-14-33(23)25(2,3)4/h20-24H,10-19H2,1-9H3/t20-,21-,22+,23-,24?,27-/m1/s1. The van der Waals surface area contributed by atoms with Crippen LogP contribution in [0.25, 0.3) is 0 Å². The fraction of sp³-hybridized carbons (Fsp3) is 1.00. The lowest BCUT2D eigenvalue weighted by Crippen LogP contribution is -2.57. The lowest BCUT2D eigenvalue weighted by atomic mass is 9.85. The first-order valence-corrected chi connectivity index (χ1v) is 13.9. The van der Waals surface area contributed by atoms with Crippen LogP contribution in [-0.2, 0) is 0 Å². The second-order valence-electron chi connectivity index (χ2n) is 14.6. The Bertz CT molecular complexity index is 719. The van der Waals surface area contributed by atoms with Gasteiger partial charge in [0.2, 0.25) is 0 Å². The highest BCUT2D eigenvalue weighted by molar-refractivity contribution is 5.26. The summed E-state index contributed by atoms with van der Waals surface area (Å²) in [7, 11) is 4.34. The van der Waals surface area contributed by atoms with Crippen LogP contribution >= 0.6 is 0 Å². The van der Waals surface area contributed by atoms with E-state index in [0.717, 1.165) is 25.4 Å². The Morgan fingerprint density at radius 3 is 2.18 bits per heavy atom. The van der Waals surface area contributed by atoms with Gasteiger partial charge in [-0.25, -0.2) is 8.78 Å². The van der Waals surface area contributed by atoms with Gasteiger partial charge in [-0.3, -0.25) is 14.7 Å². The summed E-state index contributed by atoms with van der Waals surface area (Å²) in [5.41, 5.74) is 0.488. The SMILES string of the molecule is C[C@@H]1C[C@]2(CN3CC(F)(F)C3)C([C@@H]2C[C@@H]2[C@H](CCCN(C)C)CCN2C(C)(C)C)N1C(C)(C)C. The number of fused-ring (bicyclic) bond motifs is 1. The van der Waals surface area contributed by atoms with E-state index in [-0.39, 0.29) is 29.6 Å². The first-order chi connectivity index (χ1) is 15.6. The molecule has 0 amide bonds. The summed E-state index contributed by atoms with van der Waals surface area (Å²) in [6.45, 7) is 19.6. The summed E-state index contributed by atoms with van der Waals surface area (Å²) >= 11 is 0. The van der Waals surface area contributed by atoms with Crippen molar-refractivity contribution < 1.29 is 8.78 Å². The van der Waals surface area contributed by atoms with Gasteiger partial charge in [-0.2, -0.15) is 0 Å². The number of likely N-dealkylation sites (tertiary alicyclic amines) is 3. The Labute approximate surface area is 208 Å². The summed E-state index contributed by atoms with van der Waals surface area (Å²) in [5, 5.41) is 0. The van der Waals surface area contributed by atoms with E-state index in [9.17, 15) is 8.78 Å². The van der Waals surface area contributed by atoms with E-state index in [4.69, 9.17) is 0 Å². The lowest BCUT2D eigenvalue weighted by Gasteiger charge is -2.42. The number of halogens is 2. The molecule has 3 heterocycles. The van der Waals surface area contributed by atoms with Crippen LogP contribution in [0.3, 0.4) is 0 Å². The summed E-state index contributed by atoms with van der Waals surface area (Å²) in [4.78, 5) is 9.90. The van der Waals surface area contributed by atoms with Crippen LogP contribution in [0, 0.1) is 17.3 Å². The molecule has 0 radical (unpaired) electrons. The second-order valence-corrected chi connectivity index (χ2v) is 14.6. The molecule has 3 saturated heterocycles. The van der Waals surface area contributed by atoms with Gasteiger partial charge < -0.3 is 4.90 Å². The van der Waals surface area contributed by atoms with E-state index in [2.05, 4.69) is 82.2 Å². The third-order valence-electron chi connectivity index (χ3n) is 9.47. The van der Waals surface area contributed by atoms with E-state index in [0.29, 0.717) is 24.0 Å². The Morgan fingerprint density at radius 1 is 1.00 bits per heavy atom. The molecule has 6 atom stereocenters. The van der Waals surface area contributed by atoms with Gasteiger partial charge in [0.1, 0.15) is 0 Å². The zero-order chi connectivity index (χ0) is 25.3. The highest BCUT2D eigenvalue weighted by atomic mass is 19.3. The molecule has 1 aliphatic carbocycles. The van der Waals surface area contributed by atoms with Crippen molar-refractivity contribution in [2.45, 2.75) is 116 Å². The molecule has 4 aliphatic rings. The van der Waals surface area contributed by atoms with Crippen LogP contribution in [0.1, 0.15) is 80.6 Å². The molecule has 0 spiro atoms. The average Bonchev–Trinajstić information content (AvgIpc) is 2.94. The maximum absolute atomic E-state index is 13.7. The van der Waals surface area contributed by atoms with Crippen LogP contribution in [0.4, 0.5) is 8.78 Å². The maximum atomic E-state index is 13.7. The normalized spacial score (nSPS) is 39.0. The topological polar surface area (TPSA) is 13.0 Å². The van der Waals surface area contributed by atoms with Crippen LogP contribution in [-0.4, -0.2) is 102 Å². The lowest BCUT2D eigenvalue weighted by molar-refractivity contribution is -0.136. The largest absolute Gasteiger partial charge is 0.309 e. The zero-order valence-corrected chi connectivity index (χ0v) is 23.5. The van der Waals surface area contributed by atoms with Gasteiger partial charge in [0.15, 0.2) is 0 Å². The summed E-state index contributed by atoms with van der Waals surface area (Å²) in [6.07, 6.45) is 6.27. The summed E-state index contributed by atoms with van der Waals surface area (Å²) < 4.78 is 27.4. The predicted octanol–water partition coefficient (Wildman–Crippen LogP) is 5.04. The predicted molar refractivity (Wildman–Crippen MR) is 138 cm³/mol. The second kappa shape index (κ2) is 8.92. The van der Waals surface area contributed by atoms with Crippen LogP contribution in [0.5, 0.6) is 0 Å². The first kappa shape index (κ1) is 26.8. The van der Waals surface area contributed by atoms with Crippen LogP contribution < -0.4 is 0 Å². The number of alkyl halides is 2. The van der Waals surface area contributed by atoms with Crippen molar-refractivity contribution in [3.63, 3.8) is 0 Å². The van der Waals surface area contributed by atoms with Crippen LogP contribution in [0.2, 0.25) is 0 Å². The number of rotatable bonds is 8. The van der Waals surface area contributed by atoms with E-state index in [1.54, 1.807) is 0 Å². The van der Waals surface area contributed by atoms with Gasteiger partial charge >= 0.3 is 0 Å². The Morgan fingerprint density at radius 2 is 1.65 bits per heavy atom. The van der Waals surface area contributed by atoms with Crippen molar-refractivity contribution in [1.29, 1.82) is 0 Å². The van der Waals surface area contributed by atoms with E-state index >= 15 is 0 Å². The number of hydrogen-bond acceptors (Lipinski definition) is 4. The quantitative estimate of drug-likeness (QED) is 0.481. The maximum Gasteiger partial charge on any atom is 0.272 e. The van der Waals surface area contributed by atoms with E-state index in [1.165, 1.54) is 32.2 Å². The molecule has 6 heteroatoms. The van der Waals surface area contributed by atoms with Crippen molar-refractivity contribution in [1.82, 2.24) is 19.6 Å². The average molecular weight is 483 g/mol. The Hall–Kier alpha value is -0.300. The molecule has 1 unspecified atom stereocenters.